The van der Waals surface area contributed by atoms with Gasteiger partial charge in [0.25, 0.3) is 5.91 Å². The van der Waals surface area contributed by atoms with Gasteiger partial charge in [-0.15, -0.1) is 0 Å². The molecule has 0 spiro atoms. The average molecular weight is 489 g/mol. The first kappa shape index (κ1) is 25.1. The van der Waals surface area contributed by atoms with Crippen molar-refractivity contribution in [3.63, 3.8) is 0 Å². The highest BCUT2D eigenvalue weighted by atomic mass is 32.2. The number of amides is 1. The molecule has 1 saturated carbocycles. The van der Waals surface area contributed by atoms with Crippen molar-refractivity contribution >= 4 is 15.9 Å². The van der Waals surface area contributed by atoms with Gasteiger partial charge >= 0.3 is 6.18 Å². The molecule has 0 aromatic heterocycles. The zero-order chi connectivity index (χ0) is 24.4. The largest absolute Gasteiger partial charge is 0.416 e. The summed E-state index contributed by atoms with van der Waals surface area (Å²) in [6.45, 7) is 1.69. The van der Waals surface area contributed by atoms with Gasteiger partial charge in [-0.1, -0.05) is 12.1 Å². The van der Waals surface area contributed by atoms with Crippen LogP contribution in [0.15, 0.2) is 53.4 Å². The van der Waals surface area contributed by atoms with Crippen molar-refractivity contribution in [1.29, 1.82) is 0 Å². The minimum Gasteiger partial charge on any atom is -0.380 e. The molecule has 180 valence electrons. The molecular formula is C22H24F4N2O4S. The van der Waals surface area contributed by atoms with Crippen molar-refractivity contribution in [3.05, 3.63) is 65.5 Å². The van der Waals surface area contributed by atoms with E-state index in [1.165, 1.54) is 24.3 Å². The van der Waals surface area contributed by atoms with Crippen molar-refractivity contribution in [1.82, 2.24) is 10.0 Å². The molecule has 2 aromatic carbocycles. The van der Waals surface area contributed by atoms with Gasteiger partial charge in [-0.25, -0.2) is 17.5 Å². The van der Waals surface area contributed by atoms with Crippen molar-refractivity contribution in [2.75, 3.05) is 0 Å². The van der Waals surface area contributed by atoms with Crippen LogP contribution in [0.4, 0.5) is 17.6 Å². The van der Waals surface area contributed by atoms with Crippen LogP contribution >= 0.6 is 0 Å². The number of sulfonamides is 1. The van der Waals surface area contributed by atoms with E-state index in [1.54, 1.807) is 6.92 Å². The molecule has 1 fully saturated rings. The normalized spacial score (nSPS) is 22.5. The van der Waals surface area contributed by atoms with Gasteiger partial charge in [0, 0.05) is 6.04 Å². The number of rotatable bonds is 6. The van der Waals surface area contributed by atoms with Crippen LogP contribution in [0.2, 0.25) is 0 Å². The Bertz CT molecular complexity index is 1080. The zero-order valence-electron chi connectivity index (χ0n) is 17.7. The molecule has 6 nitrogen and oxygen atoms in total. The highest BCUT2D eigenvalue weighted by molar-refractivity contribution is 7.89. The lowest BCUT2D eigenvalue weighted by molar-refractivity contribution is -0.144. The molecule has 0 unspecified atom stereocenters. The fourth-order valence-corrected chi connectivity index (χ4v) is 5.02. The third-order valence-electron chi connectivity index (χ3n) is 5.77. The van der Waals surface area contributed by atoms with E-state index >= 15 is 0 Å². The molecule has 1 aliphatic carbocycles. The van der Waals surface area contributed by atoms with Crippen LogP contribution < -0.4 is 10.0 Å². The summed E-state index contributed by atoms with van der Waals surface area (Å²) in [4.78, 5) is 12.3. The summed E-state index contributed by atoms with van der Waals surface area (Å²) < 4.78 is 78.6. The molecular weight excluding hydrogens is 464 g/mol. The lowest BCUT2D eigenvalue weighted by Gasteiger charge is -2.35. The smallest absolute Gasteiger partial charge is 0.380 e. The number of hydrogen-bond donors (Lipinski definition) is 3. The summed E-state index contributed by atoms with van der Waals surface area (Å²) in [5.41, 5.74) is -1.98. The Morgan fingerprint density at radius 3 is 2.12 bits per heavy atom. The first-order valence-electron chi connectivity index (χ1n) is 10.3. The Hall–Kier alpha value is -2.50. The highest BCUT2D eigenvalue weighted by Crippen LogP contribution is 2.32. The fourth-order valence-electron chi connectivity index (χ4n) is 3.72. The van der Waals surface area contributed by atoms with E-state index in [4.69, 9.17) is 0 Å². The molecule has 33 heavy (non-hydrogen) atoms. The molecule has 3 N–H and O–H groups in total. The molecule has 1 amide bonds. The molecule has 2 aromatic rings. The first-order chi connectivity index (χ1) is 15.3. The lowest BCUT2D eigenvalue weighted by Crippen LogP contribution is -2.52. The highest BCUT2D eigenvalue weighted by Gasteiger charge is 2.41. The zero-order valence-corrected chi connectivity index (χ0v) is 18.5. The number of nitrogens with one attached hydrogen (secondary N) is 2. The summed E-state index contributed by atoms with van der Waals surface area (Å²) >= 11 is 0. The predicted molar refractivity (Wildman–Crippen MR) is 112 cm³/mol. The number of carbonyl (C=O) groups is 1. The van der Waals surface area contributed by atoms with Gasteiger partial charge in [0.2, 0.25) is 10.0 Å². The molecule has 1 atom stereocenters. The fraction of sp³-hybridized carbons (Fsp3) is 0.409. The Labute approximate surface area is 189 Å². The molecule has 0 aliphatic heterocycles. The maximum atomic E-state index is 13.1. The SMILES string of the molecule is C[C@@H](NC(=O)C1(O)CCC(NS(=O)(=O)c2ccc(C(F)(F)F)cc2)CC1)c1ccc(F)cc1. The van der Waals surface area contributed by atoms with Crippen LogP contribution in [0.1, 0.15) is 49.8 Å². The summed E-state index contributed by atoms with van der Waals surface area (Å²) in [7, 11) is -4.07. The van der Waals surface area contributed by atoms with Crippen molar-refractivity contribution in [2.45, 2.75) is 61.4 Å². The van der Waals surface area contributed by atoms with Gasteiger partial charge in [-0.05, 0) is 74.6 Å². The number of hydrogen-bond acceptors (Lipinski definition) is 4. The summed E-state index contributed by atoms with van der Waals surface area (Å²) in [5.74, 6) is -1.02. The predicted octanol–water partition coefficient (Wildman–Crippen LogP) is 3.67. The van der Waals surface area contributed by atoms with E-state index in [0.717, 1.165) is 12.1 Å². The number of carbonyl (C=O) groups excluding carboxylic acids is 1. The number of aliphatic hydroxyl groups is 1. The Balaban J connectivity index is 1.58. The van der Waals surface area contributed by atoms with Gasteiger partial charge in [-0.2, -0.15) is 13.2 Å². The van der Waals surface area contributed by atoms with Crippen LogP contribution in [0.25, 0.3) is 0 Å². The first-order valence-corrected chi connectivity index (χ1v) is 11.8. The average Bonchev–Trinajstić information content (AvgIpc) is 2.75. The lowest BCUT2D eigenvalue weighted by atomic mass is 9.81. The van der Waals surface area contributed by atoms with Crippen LogP contribution in [0.5, 0.6) is 0 Å². The Morgan fingerprint density at radius 2 is 1.61 bits per heavy atom. The van der Waals surface area contributed by atoms with E-state index in [1.807, 2.05) is 0 Å². The van der Waals surface area contributed by atoms with Crippen molar-refractivity contribution < 1.29 is 35.9 Å². The quantitative estimate of drug-likeness (QED) is 0.541. The molecule has 0 heterocycles. The Kier molecular flexibility index (Phi) is 7.15. The third kappa shape index (κ3) is 6.10. The molecule has 0 bridgehead atoms. The number of alkyl halides is 3. The van der Waals surface area contributed by atoms with Crippen LogP contribution in [0, 0.1) is 5.82 Å². The van der Waals surface area contributed by atoms with E-state index in [-0.39, 0.29) is 30.6 Å². The molecule has 11 heteroatoms. The van der Waals surface area contributed by atoms with Gasteiger partial charge in [-0.3, -0.25) is 4.79 Å². The van der Waals surface area contributed by atoms with Crippen LogP contribution in [0.3, 0.4) is 0 Å². The van der Waals surface area contributed by atoms with E-state index in [2.05, 4.69) is 10.0 Å². The minimum absolute atomic E-state index is 0.00479. The second-order valence-electron chi connectivity index (χ2n) is 8.20. The summed E-state index contributed by atoms with van der Waals surface area (Å²) in [6, 6.07) is 7.68. The van der Waals surface area contributed by atoms with Gasteiger partial charge in [0.15, 0.2) is 0 Å². The number of benzene rings is 2. The standard InChI is InChI=1S/C22H24F4N2O4S/c1-14(15-2-6-17(23)7-3-15)27-20(29)21(30)12-10-18(11-13-21)28-33(31,32)19-8-4-16(5-9-19)22(24,25)26/h2-9,14,18,28,30H,10-13H2,1H3,(H,27,29)/t14-,18?,21?/m1/s1. The Morgan fingerprint density at radius 1 is 1.06 bits per heavy atom. The molecule has 1 aliphatic rings. The summed E-state index contributed by atoms with van der Waals surface area (Å²) in [6.07, 6.45) is -4.26. The van der Waals surface area contributed by atoms with E-state index in [0.29, 0.717) is 17.7 Å². The van der Waals surface area contributed by atoms with E-state index < -0.39 is 51.2 Å². The van der Waals surface area contributed by atoms with Gasteiger partial charge in [0.05, 0.1) is 16.5 Å². The van der Waals surface area contributed by atoms with Crippen molar-refractivity contribution in [2.24, 2.45) is 0 Å². The third-order valence-corrected chi connectivity index (χ3v) is 7.30. The van der Waals surface area contributed by atoms with Gasteiger partial charge in [0.1, 0.15) is 11.4 Å². The van der Waals surface area contributed by atoms with Crippen LogP contribution in [-0.4, -0.2) is 31.1 Å². The second kappa shape index (κ2) is 9.40. The monoisotopic (exact) mass is 488 g/mol. The van der Waals surface area contributed by atoms with Crippen LogP contribution in [-0.2, 0) is 21.0 Å². The van der Waals surface area contributed by atoms with Gasteiger partial charge < -0.3 is 10.4 Å². The minimum atomic E-state index is -4.57. The topological polar surface area (TPSA) is 95.5 Å². The van der Waals surface area contributed by atoms with E-state index in [9.17, 15) is 35.9 Å². The number of halogens is 4. The van der Waals surface area contributed by atoms with Crippen molar-refractivity contribution in [3.8, 4) is 0 Å². The second-order valence-corrected chi connectivity index (χ2v) is 9.91. The maximum Gasteiger partial charge on any atom is 0.416 e. The maximum absolute atomic E-state index is 13.1. The molecule has 3 rings (SSSR count). The molecule has 0 radical (unpaired) electrons. The molecule has 0 saturated heterocycles. The summed E-state index contributed by atoms with van der Waals surface area (Å²) in [5, 5.41) is 13.5.